The number of ether oxygens (including phenoxy) is 1. The maximum absolute atomic E-state index is 12.2. The zero-order chi connectivity index (χ0) is 18.0. The third kappa shape index (κ3) is 6.97. The lowest BCUT2D eigenvalue weighted by Crippen LogP contribution is -2.32. The molecule has 1 unspecified atom stereocenters. The van der Waals surface area contributed by atoms with Gasteiger partial charge in [-0.15, -0.1) is 12.4 Å². The second-order valence-electron chi connectivity index (χ2n) is 6.64. The predicted molar refractivity (Wildman–Crippen MR) is 109 cm³/mol. The molecule has 1 aliphatic heterocycles. The fourth-order valence-electron chi connectivity index (χ4n) is 3.13. The number of amides is 1. The van der Waals surface area contributed by atoms with E-state index in [9.17, 15) is 4.79 Å². The molecule has 1 fully saturated rings. The van der Waals surface area contributed by atoms with Crippen LogP contribution in [0.4, 0.5) is 0 Å². The highest BCUT2D eigenvalue weighted by atomic mass is 35.5. The van der Waals surface area contributed by atoms with E-state index in [-0.39, 0.29) is 18.3 Å². The summed E-state index contributed by atoms with van der Waals surface area (Å²) in [6.45, 7) is 3.94. The Balaban J connectivity index is 0.00000261. The van der Waals surface area contributed by atoms with Gasteiger partial charge in [0.1, 0.15) is 5.69 Å². The topological polar surface area (TPSA) is 68.2 Å². The second-order valence-corrected chi connectivity index (χ2v) is 6.64. The summed E-state index contributed by atoms with van der Waals surface area (Å²) >= 11 is 0. The largest absolute Gasteiger partial charge is 0.381 e. The number of halogens is 1. The SMILES string of the molecule is Cl.O=C(NCCCOCCc1ccccc1)c1ccn(C2CCCNC2)n1. The molecule has 0 saturated carbocycles. The van der Waals surface area contributed by atoms with Crippen molar-refractivity contribution in [3.63, 3.8) is 0 Å². The smallest absolute Gasteiger partial charge is 0.271 e. The lowest BCUT2D eigenvalue weighted by molar-refractivity contribution is 0.0936. The summed E-state index contributed by atoms with van der Waals surface area (Å²) in [5.41, 5.74) is 1.77. The molecular formula is C20H29ClN4O2. The Labute approximate surface area is 167 Å². The number of nitrogens with one attached hydrogen (secondary N) is 2. The number of benzene rings is 1. The fourth-order valence-corrected chi connectivity index (χ4v) is 3.13. The predicted octanol–water partition coefficient (Wildman–Crippen LogP) is 2.61. The highest BCUT2D eigenvalue weighted by Gasteiger charge is 2.17. The van der Waals surface area contributed by atoms with Gasteiger partial charge in [0.15, 0.2) is 0 Å². The van der Waals surface area contributed by atoms with Gasteiger partial charge >= 0.3 is 0 Å². The van der Waals surface area contributed by atoms with E-state index in [4.69, 9.17) is 4.74 Å². The Kier molecular flexibility index (Phi) is 9.31. The van der Waals surface area contributed by atoms with Crippen LogP contribution in [0.15, 0.2) is 42.6 Å². The van der Waals surface area contributed by atoms with E-state index < -0.39 is 0 Å². The van der Waals surface area contributed by atoms with Gasteiger partial charge in [-0.1, -0.05) is 30.3 Å². The molecule has 148 valence electrons. The van der Waals surface area contributed by atoms with Crippen molar-refractivity contribution >= 4 is 18.3 Å². The molecule has 2 aromatic rings. The summed E-state index contributed by atoms with van der Waals surface area (Å²) in [6, 6.07) is 12.4. The van der Waals surface area contributed by atoms with Gasteiger partial charge in [-0.25, -0.2) is 0 Å². The third-order valence-electron chi connectivity index (χ3n) is 4.61. The number of carbonyl (C=O) groups is 1. The van der Waals surface area contributed by atoms with Crippen LogP contribution >= 0.6 is 12.4 Å². The third-order valence-corrected chi connectivity index (χ3v) is 4.61. The first-order valence-corrected chi connectivity index (χ1v) is 9.48. The van der Waals surface area contributed by atoms with Crippen LogP contribution in [0.3, 0.4) is 0 Å². The molecule has 1 aromatic heterocycles. The molecule has 6 nitrogen and oxygen atoms in total. The quantitative estimate of drug-likeness (QED) is 0.644. The standard InChI is InChI=1S/C20H28N4O2.ClH/c25-20(19-9-13-24(23-19)18-8-4-11-21-16-18)22-12-5-14-26-15-10-17-6-2-1-3-7-17;/h1-3,6-7,9,13,18,21H,4-5,8,10-12,14-16H2,(H,22,25);1H. The summed E-state index contributed by atoms with van der Waals surface area (Å²) in [5, 5.41) is 10.7. The Hall–Kier alpha value is -1.89. The van der Waals surface area contributed by atoms with Crippen molar-refractivity contribution in [3.05, 3.63) is 53.9 Å². The van der Waals surface area contributed by atoms with Crippen LogP contribution in [-0.2, 0) is 11.2 Å². The summed E-state index contributed by atoms with van der Waals surface area (Å²) in [5.74, 6) is -0.114. The van der Waals surface area contributed by atoms with Crippen LogP contribution in [0.25, 0.3) is 0 Å². The van der Waals surface area contributed by atoms with Crippen molar-refractivity contribution < 1.29 is 9.53 Å². The molecule has 0 spiro atoms. The molecule has 2 heterocycles. The van der Waals surface area contributed by atoms with Crippen LogP contribution in [-0.4, -0.2) is 48.5 Å². The first-order chi connectivity index (χ1) is 12.8. The van der Waals surface area contributed by atoms with Gasteiger partial charge in [-0.05, 0) is 43.9 Å². The van der Waals surface area contributed by atoms with E-state index in [1.54, 1.807) is 6.07 Å². The summed E-state index contributed by atoms with van der Waals surface area (Å²) in [4.78, 5) is 12.2. The average molecular weight is 393 g/mol. The number of nitrogens with zero attached hydrogens (tertiary/aromatic N) is 2. The van der Waals surface area contributed by atoms with Gasteiger partial charge in [0.05, 0.1) is 12.6 Å². The molecule has 1 aromatic carbocycles. The molecule has 1 atom stereocenters. The number of rotatable bonds is 9. The van der Waals surface area contributed by atoms with E-state index in [0.29, 0.717) is 31.5 Å². The van der Waals surface area contributed by atoms with Crippen molar-refractivity contribution in [2.45, 2.75) is 31.7 Å². The number of hydrogen-bond donors (Lipinski definition) is 2. The Bertz CT molecular complexity index is 672. The Morgan fingerprint density at radius 2 is 2.11 bits per heavy atom. The molecule has 2 N–H and O–H groups in total. The molecule has 1 amide bonds. The zero-order valence-corrected chi connectivity index (χ0v) is 16.4. The van der Waals surface area contributed by atoms with E-state index in [1.165, 1.54) is 5.56 Å². The van der Waals surface area contributed by atoms with Gasteiger partial charge < -0.3 is 15.4 Å². The monoisotopic (exact) mass is 392 g/mol. The van der Waals surface area contributed by atoms with E-state index in [0.717, 1.165) is 38.8 Å². The molecule has 3 rings (SSSR count). The minimum absolute atomic E-state index is 0. The number of aromatic nitrogens is 2. The highest BCUT2D eigenvalue weighted by Crippen LogP contribution is 2.15. The van der Waals surface area contributed by atoms with Gasteiger partial charge in [0.25, 0.3) is 5.91 Å². The lowest BCUT2D eigenvalue weighted by Gasteiger charge is -2.22. The minimum Gasteiger partial charge on any atom is -0.381 e. The second kappa shape index (κ2) is 11.7. The maximum atomic E-state index is 12.2. The van der Waals surface area contributed by atoms with Crippen LogP contribution < -0.4 is 10.6 Å². The average Bonchev–Trinajstić information content (AvgIpc) is 3.19. The van der Waals surface area contributed by atoms with Gasteiger partial charge in [-0.3, -0.25) is 9.48 Å². The van der Waals surface area contributed by atoms with Crippen molar-refractivity contribution in [3.8, 4) is 0 Å². The zero-order valence-electron chi connectivity index (χ0n) is 15.6. The number of hydrogen-bond acceptors (Lipinski definition) is 4. The molecule has 1 aliphatic rings. The summed E-state index contributed by atoms with van der Waals surface area (Å²) in [6.07, 6.45) is 5.88. The van der Waals surface area contributed by atoms with Gasteiger partial charge in [0.2, 0.25) is 0 Å². The Morgan fingerprint density at radius 1 is 1.26 bits per heavy atom. The maximum Gasteiger partial charge on any atom is 0.271 e. The number of piperidine rings is 1. The van der Waals surface area contributed by atoms with E-state index in [1.807, 2.05) is 29.1 Å². The van der Waals surface area contributed by atoms with E-state index >= 15 is 0 Å². The molecule has 1 saturated heterocycles. The first-order valence-electron chi connectivity index (χ1n) is 9.48. The van der Waals surface area contributed by atoms with Crippen LogP contribution in [0.1, 0.15) is 41.4 Å². The Morgan fingerprint density at radius 3 is 2.89 bits per heavy atom. The molecule has 27 heavy (non-hydrogen) atoms. The first kappa shape index (κ1) is 21.4. The summed E-state index contributed by atoms with van der Waals surface area (Å²) < 4.78 is 7.54. The normalized spacial score (nSPS) is 16.5. The highest BCUT2D eigenvalue weighted by molar-refractivity contribution is 5.92. The van der Waals surface area contributed by atoms with Crippen molar-refractivity contribution in [2.75, 3.05) is 32.8 Å². The molecular weight excluding hydrogens is 364 g/mol. The lowest BCUT2D eigenvalue weighted by atomic mass is 10.1. The van der Waals surface area contributed by atoms with Crippen molar-refractivity contribution in [1.29, 1.82) is 0 Å². The molecule has 7 heteroatoms. The molecule has 0 bridgehead atoms. The molecule has 0 aliphatic carbocycles. The van der Waals surface area contributed by atoms with Crippen LogP contribution in [0.2, 0.25) is 0 Å². The minimum atomic E-state index is -0.114. The van der Waals surface area contributed by atoms with Crippen molar-refractivity contribution in [1.82, 2.24) is 20.4 Å². The molecule has 0 radical (unpaired) electrons. The van der Waals surface area contributed by atoms with Crippen molar-refractivity contribution in [2.24, 2.45) is 0 Å². The number of carbonyl (C=O) groups excluding carboxylic acids is 1. The van der Waals surface area contributed by atoms with Gasteiger partial charge in [-0.2, -0.15) is 5.10 Å². The van der Waals surface area contributed by atoms with E-state index in [2.05, 4.69) is 27.9 Å². The van der Waals surface area contributed by atoms with Gasteiger partial charge in [0, 0.05) is 25.9 Å². The van der Waals surface area contributed by atoms with Crippen LogP contribution in [0, 0.1) is 0 Å². The summed E-state index contributed by atoms with van der Waals surface area (Å²) in [7, 11) is 0. The fraction of sp³-hybridized carbons (Fsp3) is 0.500. The van der Waals surface area contributed by atoms with Crippen LogP contribution in [0.5, 0.6) is 0 Å².